The molecule has 0 radical (unpaired) electrons. The SMILES string of the molecule is CC1(c2cc(C(F)(F)F)cc(C(F)(F)F)c2)COC(=O)N1. The largest absolute Gasteiger partial charge is 0.447 e. The quantitative estimate of drug-likeness (QED) is 0.803. The highest BCUT2D eigenvalue weighted by molar-refractivity contribution is 5.71. The van der Waals surface area contributed by atoms with Crippen LogP contribution in [-0.2, 0) is 22.6 Å². The maximum absolute atomic E-state index is 12.7. The molecule has 3 nitrogen and oxygen atoms in total. The molecule has 0 saturated carbocycles. The van der Waals surface area contributed by atoms with Crippen molar-refractivity contribution in [3.05, 3.63) is 34.9 Å². The van der Waals surface area contributed by atoms with Crippen molar-refractivity contribution in [2.45, 2.75) is 24.8 Å². The summed E-state index contributed by atoms with van der Waals surface area (Å²) in [4.78, 5) is 11.0. The maximum atomic E-state index is 12.7. The molecule has 1 saturated heterocycles. The first-order chi connectivity index (χ1) is 9.42. The minimum absolute atomic E-state index is 0.0322. The summed E-state index contributed by atoms with van der Waals surface area (Å²) >= 11 is 0. The number of cyclic esters (lactones) is 1. The van der Waals surface area contributed by atoms with Crippen LogP contribution in [0.5, 0.6) is 0 Å². The van der Waals surface area contributed by atoms with E-state index in [9.17, 15) is 31.1 Å². The van der Waals surface area contributed by atoms with E-state index in [1.165, 1.54) is 6.92 Å². The Bertz CT molecular complexity index is 548. The summed E-state index contributed by atoms with van der Waals surface area (Å²) in [6.45, 7) is 0.929. The molecule has 1 amide bonds. The number of hydrogen-bond acceptors (Lipinski definition) is 2. The van der Waals surface area contributed by atoms with Crippen LogP contribution in [-0.4, -0.2) is 12.7 Å². The van der Waals surface area contributed by atoms with E-state index in [1.54, 1.807) is 0 Å². The Balaban J connectivity index is 2.58. The van der Waals surface area contributed by atoms with Gasteiger partial charge in [0, 0.05) is 0 Å². The molecule has 21 heavy (non-hydrogen) atoms. The third-order valence-electron chi connectivity index (χ3n) is 3.09. The number of alkyl halides is 6. The van der Waals surface area contributed by atoms with Gasteiger partial charge in [0.1, 0.15) is 6.61 Å². The van der Waals surface area contributed by atoms with Crippen LogP contribution in [0.1, 0.15) is 23.6 Å². The van der Waals surface area contributed by atoms with Crippen LogP contribution in [0, 0.1) is 0 Å². The van der Waals surface area contributed by atoms with Crippen LogP contribution in [0.25, 0.3) is 0 Å². The summed E-state index contributed by atoms with van der Waals surface area (Å²) in [5.74, 6) is 0. The van der Waals surface area contributed by atoms with Crippen molar-refractivity contribution in [1.29, 1.82) is 0 Å². The van der Waals surface area contributed by atoms with Crippen LogP contribution in [0.4, 0.5) is 31.1 Å². The van der Waals surface area contributed by atoms with Crippen LogP contribution in [0.2, 0.25) is 0 Å². The summed E-state index contributed by atoms with van der Waals surface area (Å²) in [5, 5.41) is 2.21. The molecule has 0 spiro atoms. The molecule has 2 rings (SSSR count). The number of carbonyl (C=O) groups excluding carboxylic acids is 1. The normalized spacial score (nSPS) is 22.9. The molecule has 1 aromatic carbocycles. The topological polar surface area (TPSA) is 38.3 Å². The zero-order chi connectivity index (χ0) is 16.1. The number of amides is 1. The molecule has 9 heteroatoms. The number of halogens is 6. The third kappa shape index (κ3) is 3.06. The van der Waals surface area contributed by atoms with E-state index >= 15 is 0 Å². The number of benzene rings is 1. The molecule has 1 fully saturated rings. The van der Waals surface area contributed by atoms with Gasteiger partial charge in [0.25, 0.3) is 0 Å². The summed E-state index contributed by atoms with van der Waals surface area (Å²) in [7, 11) is 0. The van der Waals surface area contributed by atoms with E-state index < -0.39 is 35.1 Å². The lowest BCUT2D eigenvalue weighted by molar-refractivity contribution is -0.143. The standard InChI is InChI=1S/C12H9F6NO2/c1-10(5-21-9(20)19-10)6-2-7(11(13,14)15)4-8(3-6)12(16,17)18/h2-4H,5H2,1H3,(H,19,20). The molecule has 1 aliphatic heterocycles. The number of alkyl carbamates (subject to hydrolysis) is 1. The van der Waals surface area contributed by atoms with Crippen LogP contribution in [0.3, 0.4) is 0 Å². The highest BCUT2D eigenvalue weighted by Crippen LogP contribution is 2.39. The second kappa shape index (κ2) is 4.54. The van der Waals surface area contributed by atoms with Crippen LogP contribution in [0.15, 0.2) is 18.2 Å². The van der Waals surface area contributed by atoms with E-state index in [4.69, 9.17) is 0 Å². The summed E-state index contributed by atoms with van der Waals surface area (Å²) in [6, 6.07) is 1.18. The Labute approximate surface area is 114 Å². The predicted octanol–water partition coefficient (Wildman–Crippen LogP) is 3.68. The highest BCUT2D eigenvalue weighted by atomic mass is 19.4. The first-order valence-corrected chi connectivity index (χ1v) is 5.67. The average molecular weight is 313 g/mol. The van der Waals surface area contributed by atoms with Gasteiger partial charge in [-0.3, -0.25) is 0 Å². The second-order valence-corrected chi connectivity index (χ2v) is 4.83. The molecule has 1 aromatic rings. The van der Waals surface area contributed by atoms with Gasteiger partial charge in [-0.25, -0.2) is 4.79 Å². The van der Waals surface area contributed by atoms with Gasteiger partial charge in [-0.2, -0.15) is 26.3 Å². The van der Waals surface area contributed by atoms with Gasteiger partial charge < -0.3 is 10.1 Å². The Morgan fingerprint density at radius 2 is 1.52 bits per heavy atom. The van der Waals surface area contributed by atoms with Gasteiger partial charge >= 0.3 is 18.4 Å². The van der Waals surface area contributed by atoms with Gasteiger partial charge in [0.15, 0.2) is 0 Å². The minimum atomic E-state index is -4.93. The molecule has 1 atom stereocenters. The number of hydrogen-bond donors (Lipinski definition) is 1. The van der Waals surface area contributed by atoms with E-state index in [1.807, 2.05) is 0 Å². The number of ether oxygens (including phenoxy) is 1. The van der Waals surface area contributed by atoms with Gasteiger partial charge in [0.2, 0.25) is 0 Å². The highest BCUT2D eigenvalue weighted by Gasteiger charge is 2.42. The van der Waals surface area contributed by atoms with Gasteiger partial charge in [-0.1, -0.05) is 0 Å². The lowest BCUT2D eigenvalue weighted by Crippen LogP contribution is -2.37. The molecular formula is C12H9F6NO2. The Morgan fingerprint density at radius 1 is 1.05 bits per heavy atom. The van der Waals surface area contributed by atoms with Crippen molar-refractivity contribution >= 4 is 6.09 Å². The van der Waals surface area contributed by atoms with Crippen LogP contribution >= 0.6 is 0 Å². The molecular weight excluding hydrogens is 304 g/mol. The smallest absolute Gasteiger partial charge is 0.416 e. The molecule has 0 aromatic heterocycles. The van der Waals surface area contributed by atoms with Crippen molar-refractivity contribution in [3.8, 4) is 0 Å². The molecule has 1 heterocycles. The van der Waals surface area contributed by atoms with Crippen molar-refractivity contribution in [3.63, 3.8) is 0 Å². The van der Waals surface area contributed by atoms with Gasteiger partial charge in [0.05, 0.1) is 16.7 Å². The van der Waals surface area contributed by atoms with E-state index in [0.29, 0.717) is 12.1 Å². The zero-order valence-electron chi connectivity index (χ0n) is 10.5. The average Bonchev–Trinajstić information content (AvgIpc) is 2.68. The van der Waals surface area contributed by atoms with Crippen LogP contribution < -0.4 is 5.32 Å². The molecule has 1 unspecified atom stereocenters. The van der Waals surface area contributed by atoms with E-state index in [-0.39, 0.29) is 18.2 Å². The van der Waals surface area contributed by atoms with Gasteiger partial charge in [-0.05, 0) is 30.7 Å². The van der Waals surface area contributed by atoms with Crippen molar-refractivity contribution in [1.82, 2.24) is 5.32 Å². The van der Waals surface area contributed by atoms with Crippen molar-refractivity contribution in [2.75, 3.05) is 6.61 Å². The first-order valence-electron chi connectivity index (χ1n) is 5.67. The number of rotatable bonds is 1. The van der Waals surface area contributed by atoms with Crippen molar-refractivity contribution in [2.24, 2.45) is 0 Å². The second-order valence-electron chi connectivity index (χ2n) is 4.83. The van der Waals surface area contributed by atoms with E-state index in [0.717, 1.165) is 0 Å². The number of nitrogens with one attached hydrogen (secondary N) is 1. The summed E-state index contributed by atoms with van der Waals surface area (Å²) < 4.78 is 81.0. The first kappa shape index (κ1) is 15.5. The molecule has 0 bridgehead atoms. The minimum Gasteiger partial charge on any atom is -0.447 e. The fourth-order valence-electron chi connectivity index (χ4n) is 1.94. The van der Waals surface area contributed by atoms with Crippen molar-refractivity contribution < 1.29 is 35.9 Å². The fourth-order valence-corrected chi connectivity index (χ4v) is 1.94. The van der Waals surface area contributed by atoms with E-state index in [2.05, 4.69) is 10.1 Å². The molecule has 1 N–H and O–H groups in total. The Morgan fingerprint density at radius 3 is 1.86 bits per heavy atom. The molecule has 0 aliphatic carbocycles. The molecule has 116 valence electrons. The molecule has 1 aliphatic rings. The zero-order valence-corrected chi connectivity index (χ0v) is 10.5. The summed E-state index contributed by atoms with van der Waals surface area (Å²) in [6.07, 6.45) is -10.8. The monoisotopic (exact) mass is 313 g/mol. The Hall–Kier alpha value is -1.93. The lowest BCUT2D eigenvalue weighted by Gasteiger charge is -2.24. The van der Waals surface area contributed by atoms with Gasteiger partial charge in [-0.15, -0.1) is 0 Å². The predicted molar refractivity (Wildman–Crippen MR) is 58.3 cm³/mol. The lowest BCUT2D eigenvalue weighted by atomic mass is 9.90. The Kier molecular flexibility index (Phi) is 3.34. The number of carbonyl (C=O) groups is 1. The maximum Gasteiger partial charge on any atom is 0.416 e. The fraction of sp³-hybridized carbons (Fsp3) is 0.417. The third-order valence-corrected chi connectivity index (χ3v) is 3.09. The summed E-state index contributed by atoms with van der Waals surface area (Å²) in [5.41, 5.74) is -4.64.